The molecule has 0 saturated carbocycles. The van der Waals surface area contributed by atoms with Gasteiger partial charge in [0.1, 0.15) is 5.75 Å². The molecule has 0 aliphatic heterocycles. The largest absolute Gasteiger partial charge is 0.494 e. The maximum absolute atomic E-state index is 5.81. The Hall–Kier alpha value is -1.02. The third-order valence-corrected chi connectivity index (χ3v) is 4.63. The molecule has 2 nitrogen and oxygen atoms in total. The summed E-state index contributed by atoms with van der Waals surface area (Å²) < 4.78 is 5.81. The Balaban J connectivity index is 2.15. The zero-order chi connectivity index (χ0) is 17.5. The van der Waals surface area contributed by atoms with Gasteiger partial charge in [-0.3, -0.25) is 0 Å². The van der Waals surface area contributed by atoms with Crippen molar-refractivity contribution in [1.82, 2.24) is 5.32 Å². The number of hydrogen-bond donors (Lipinski definition) is 1. The van der Waals surface area contributed by atoms with Crippen LogP contribution >= 0.6 is 0 Å². The van der Waals surface area contributed by atoms with E-state index in [9.17, 15) is 0 Å². The van der Waals surface area contributed by atoms with Crippen molar-refractivity contribution in [1.29, 1.82) is 0 Å². The van der Waals surface area contributed by atoms with Crippen LogP contribution in [0.1, 0.15) is 96.6 Å². The molecule has 0 amide bonds. The Bertz CT molecular complexity index is 387. The highest BCUT2D eigenvalue weighted by molar-refractivity contribution is 5.28. The lowest BCUT2D eigenvalue weighted by Gasteiger charge is -2.15. The van der Waals surface area contributed by atoms with Gasteiger partial charge in [-0.05, 0) is 44.0 Å². The Morgan fingerprint density at radius 1 is 0.792 bits per heavy atom. The summed E-state index contributed by atoms with van der Waals surface area (Å²) in [5.41, 5.74) is 1.35. The van der Waals surface area contributed by atoms with Gasteiger partial charge in [-0.25, -0.2) is 0 Å². The van der Waals surface area contributed by atoms with Gasteiger partial charge in [0.05, 0.1) is 6.61 Å². The van der Waals surface area contributed by atoms with E-state index in [1.165, 1.54) is 63.4 Å². The first-order valence-corrected chi connectivity index (χ1v) is 10.2. The van der Waals surface area contributed by atoms with Crippen molar-refractivity contribution in [2.45, 2.75) is 91.0 Å². The summed E-state index contributed by atoms with van der Waals surface area (Å²) in [5.74, 6) is 0.998. The van der Waals surface area contributed by atoms with Crippen molar-refractivity contribution < 1.29 is 4.74 Å². The average Bonchev–Trinajstić information content (AvgIpc) is 2.61. The molecule has 0 fully saturated rings. The predicted molar refractivity (Wildman–Crippen MR) is 106 cm³/mol. The van der Waals surface area contributed by atoms with Crippen LogP contribution in [0.5, 0.6) is 5.75 Å². The number of unbranched alkanes of at least 4 members (excludes halogenated alkanes) is 8. The normalized spacial score (nSPS) is 12.3. The molecule has 1 aromatic rings. The molecule has 0 saturated heterocycles. The van der Waals surface area contributed by atoms with Crippen molar-refractivity contribution >= 4 is 0 Å². The number of benzene rings is 1. The van der Waals surface area contributed by atoms with Crippen LogP contribution in [0.4, 0.5) is 0 Å². The maximum Gasteiger partial charge on any atom is 0.119 e. The second-order valence-corrected chi connectivity index (χ2v) is 6.92. The van der Waals surface area contributed by atoms with Crippen molar-refractivity contribution in [2.75, 3.05) is 13.2 Å². The highest BCUT2D eigenvalue weighted by atomic mass is 16.5. The minimum Gasteiger partial charge on any atom is -0.494 e. The lowest BCUT2D eigenvalue weighted by atomic mass is 10.1. The van der Waals surface area contributed by atoms with E-state index >= 15 is 0 Å². The monoisotopic (exact) mass is 333 g/mol. The zero-order valence-corrected chi connectivity index (χ0v) is 16.3. The van der Waals surface area contributed by atoms with Crippen LogP contribution < -0.4 is 10.1 Å². The molecule has 1 N–H and O–H groups in total. The molecule has 24 heavy (non-hydrogen) atoms. The second kappa shape index (κ2) is 14.3. The molecule has 1 aromatic carbocycles. The van der Waals surface area contributed by atoms with Crippen LogP contribution in [0.25, 0.3) is 0 Å². The Morgan fingerprint density at radius 2 is 1.38 bits per heavy atom. The number of hydrogen-bond acceptors (Lipinski definition) is 2. The van der Waals surface area contributed by atoms with Crippen molar-refractivity contribution in [3.05, 3.63) is 29.8 Å². The van der Waals surface area contributed by atoms with E-state index in [1.807, 2.05) is 0 Å². The maximum atomic E-state index is 5.81. The highest BCUT2D eigenvalue weighted by Gasteiger charge is 2.04. The summed E-state index contributed by atoms with van der Waals surface area (Å²) in [6.45, 7) is 8.71. The zero-order valence-electron chi connectivity index (χ0n) is 16.3. The van der Waals surface area contributed by atoms with Crippen molar-refractivity contribution in [3.63, 3.8) is 0 Å². The molecule has 0 spiro atoms. The molecular weight excluding hydrogens is 294 g/mol. The van der Waals surface area contributed by atoms with Crippen LogP contribution in [0.2, 0.25) is 0 Å². The van der Waals surface area contributed by atoms with Gasteiger partial charge in [-0.15, -0.1) is 0 Å². The van der Waals surface area contributed by atoms with E-state index in [4.69, 9.17) is 4.74 Å². The molecule has 1 unspecified atom stereocenters. The van der Waals surface area contributed by atoms with Crippen LogP contribution in [-0.2, 0) is 0 Å². The summed E-state index contributed by atoms with van der Waals surface area (Å²) in [6.07, 6.45) is 13.1. The molecule has 138 valence electrons. The van der Waals surface area contributed by atoms with E-state index in [-0.39, 0.29) is 0 Å². The fourth-order valence-corrected chi connectivity index (χ4v) is 2.91. The molecule has 1 rings (SSSR count). The van der Waals surface area contributed by atoms with Gasteiger partial charge in [0.15, 0.2) is 0 Å². The van der Waals surface area contributed by atoms with E-state index in [0.717, 1.165) is 25.3 Å². The third kappa shape index (κ3) is 9.97. The van der Waals surface area contributed by atoms with Crippen molar-refractivity contribution in [3.8, 4) is 5.75 Å². The fraction of sp³-hybridized carbons (Fsp3) is 0.727. The first-order valence-electron chi connectivity index (χ1n) is 10.2. The summed E-state index contributed by atoms with van der Waals surface area (Å²) >= 11 is 0. The smallest absolute Gasteiger partial charge is 0.119 e. The van der Waals surface area contributed by atoms with Crippen LogP contribution in [-0.4, -0.2) is 13.2 Å². The molecule has 0 aromatic heterocycles. The van der Waals surface area contributed by atoms with Crippen LogP contribution in [0.3, 0.4) is 0 Å². The highest BCUT2D eigenvalue weighted by Crippen LogP contribution is 2.18. The third-order valence-electron chi connectivity index (χ3n) is 4.63. The number of nitrogens with one attached hydrogen (secondary N) is 1. The van der Waals surface area contributed by atoms with E-state index in [2.05, 4.69) is 50.4 Å². The molecule has 0 aliphatic rings. The average molecular weight is 334 g/mol. The standard InChI is InChI=1S/C22H39NO/c1-4-6-8-10-11-12-18-23-20(3)21-14-16-22(17-15-21)24-19-13-9-7-5-2/h14-17,20,23H,4-13,18-19H2,1-3H3. The molecule has 0 aliphatic carbocycles. The van der Waals surface area contributed by atoms with Gasteiger partial charge >= 0.3 is 0 Å². The first-order chi connectivity index (χ1) is 11.8. The van der Waals surface area contributed by atoms with Gasteiger partial charge in [-0.1, -0.05) is 77.3 Å². The molecule has 2 heteroatoms. The summed E-state index contributed by atoms with van der Waals surface area (Å²) in [4.78, 5) is 0. The SMILES string of the molecule is CCCCCCCCNC(C)c1ccc(OCCCCCC)cc1. The lowest BCUT2D eigenvalue weighted by Crippen LogP contribution is -2.19. The van der Waals surface area contributed by atoms with Gasteiger partial charge < -0.3 is 10.1 Å². The van der Waals surface area contributed by atoms with Crippen molar-refractivity contribution in [2.24, 2.45) is 0 Å². The Kier molecular flexibility index (Phi) is 12.6. The molecule has 0 radical (unpaired) electrons. The van der Waals surface area contributed by atoms with Crippen LogP contribution in [0, 0.1) is 0 Å². The first kappa shape index (κ1) is 21.0. The lowest BCUT2D eigenvalue weighted by molar-refractivity contribution is 0.305. The summed E-state index contributed by atoms with van der Waals surface area (Å²) in [7, 11) is 0. The van der Waals surface area contributed by atoms with Crippen LogP contribution in [0.15, 0.2) is 24.3 Å². The number of ether oxygens (including phenoxy) is 1. The minimum atomic E-state index is 0.416. The van der Waals surface area contributed by atoms with E-state index in [1.54, 1.807) is 0 Å². The van der Waals surface area contributed by atoms with E-state index in [0.29, 0.717) is 6.04 Å². The summed E-state index contributed by atoms with van der Waals surface area (Å²) in [5, 5.41) is 3.63. The summed E-state index contributed by atoms with van der Waals surface area (Å²) in [6, 6.07) is 9.02. The van der Waals surface area contributed by atoms with Gasteiger partial charge in [0, 0.05) is 6.04 Å². The van der Waals surface area contributed by atoms with Gasteiger partial charge in [0.25, 0.3) is 0 Å². The van der Waals surface area contributed by atoms with Gasteiger partial charge in [0.2, 0.25) is 0 Å². The number of rotatable bonds is 15. The topological polar surface area (TPSA) is 21.3 Å². The predicted octanol–water partition coefficient (Wildman–Crippen LogP) is 6.66. The molecule has 0 bridgehead atoms. The van der Waals surface area contributed by atoms with Gasteiger partial charge in [-0.2, -0.15) is 0 Å². The van der Waals surface area contributed by atoms with E-state index < -0.39 is 0 Å². The quantitative estimate of drug-likeness (QED) is 0.362. The second-order valence-electron chi connectivity index (χ2n) is 6.92. The molecule has 0 heterocycles. The molecular formula is C22H39NO. The fourth-order valence-electron chi connectivity index (χ4n) is 2.91. The minimum absolute atomic E-state index is 0.416. The Labute approximate surface area is 150 Å². The molecule has 1 atom stereocenters. The Morgan fingerprint density at radius 3 is 2.04 bits per heavy atom.